The Kier molecular flexibility index (Phi) is 6.37. The molecule has 0 aliphatic heterocycles. The van der Waals surface area contributed by atoms with E-state index in [1.54, 1.807) is 13.3 Å². The molecule has 0 bridgehead atoms. The number of amides is 1. The van der Waals surface area contributed by atoms with Crippen molar-refractivity contribution in [2.45, 2.75) is 20.3 Å². The van der Waals surface area contributed by atoms with E-state index in [9.17, 15) is 4.79 Å². The highest BCUT2D eigenvalue weighted by molar-refractivity contribution is 5.93. The lowest BCUT2D eigenvalue weighted by Crippen LogP contribution is -2.17. The molecule has 0 aliphatic carbocycles. The predicted molar refractivity (Wildman–Crippen MR) is 95.7 cm³/mol. The van der Waals surface area contributed by atoms with Crippen molar-refractivity contribution in [2.24, 2.45) is 5.16 Å². The van der Waals surface area contributed by atoms with Gasteiger partial charge >= 0.3 is 0 Å². The van der Waals surface area contributed by atoms with Crippen molar-refractivity contribution < 1.29 is 14.4 Å². The van der Waals surface area contributed by atoms with Crippen LogP contribution >= 0.6 is 0 Å². The molecule has 126 valence electrons. The van der Waals surface area contributed by atoms with E-state index in [2.05, 4.69) is 17.4 Å². The second-order valence-corrected chi connectivity index (χ2v) is 5.35. The zero-order valence-electron chi connectivity index (χ0n) is 14.2. The van der Waals surface area contributed by atoms with Gasteiger partial charge in [-0.1, -0.05) is 42.4 Å². The largest absolute Gasteiger partial charge is 0.495 e. The van der Waals surface area contributed by atoms with E-state index in [-0.39, 0.29) is 12.5 Å². The standard InChI is InChI=1S/C19H22N2O3/c1-4-15-6-8-16(9-7-15)12-20-24-13-19(22)21-17-11-14(2)5-10-18(17)23-3/h5-12H,4,13H2,1-3H3,(H,21,22)/b20-12-. The van der Waals surface area contributed by atoms with E-state index in [0.717, 1.165) is 17.5 Å². The van der Waals surface area contributed by atoms with Crippen molar-refractivity contribution in [1.29, 1.82) is 0 Å². The molecule has 5 heteroatoms. The summed E-state index contributed by atoms with van der Waals surface area (Å²) in [6.45, 7) is 3.88. The van der Waals surface area contributed by atoms with Crippen LogP contribution in [-0.4, -0.2) is 25.8 Å². The van der Waals surface area contributed by atoms with Gasteiger partial charge in [0.15, 0.2) is 6.61 Å². The average Bonchev–Trinajstić information content (AvgIpc) is 2.59. The summed E-state index contributed by atoms with van der Waals surface area (Å²) in [5.74, 6) is 0.311. The number of oxime groups is 1. The topological polar surface area (TPSA) is 59.9 Å². The number of hydrogen-bond acceptors (Lipinski definition) is 4. The third-order valence-electron chi connectivity index (χ3n) is 3.49. The molecule has 0 saturated carbocycles. The lowest BCUT2D eigenvalue weighted by Gasteiger charge is -2.10. The first-order valence-electron chi connectivity index (χ1n) is 7.81. The molecule has 0 unspecified atom stereocenters. The van der Waals surface area contributed by atoms with Crippen LogP contribution in [0, 0.1) is 6.92 Å². The number of rotatable bonds is 7. The van der Waals surface area contributed by atoms with Crippen LogP contribution in [0.3, 0.4) is 0 Å². The van der Waals surface area contributed by atoms with Crippen LogP contribution in [0.2, 0.25) is 0 Å². The summed E-state index contributed by atoms with van der Waals surface area (Å²) in [4.78, 5) is 17.0. The maximum Gasteiger partial charge on any atom is 0.265 e. The highest BCUT2D eigenvalue weighted by Gasteiger charge is 2.08. The second kappa shape index (κ2) is 8.72. The Hall–Kier alpha value is -2.82. The van der Waals surface area contributed by atoms with Gasteiger partial charge in [-0.3, -0.25) is 4.79 Å². The molecule has 0 atom stereocenters. The zero-order chi connectivity index (χ0) is 17.4. The number of carbonyl (C=O) groups is 1. The van der Waals surface area contributed by atoms with Gasteiger partial charge in [0.1, 0.15) is 5.75 Å². The SMILES string of the molecule is CCc1ccc(/C=N\OCC(=O)Nc2cc(C)ccc2OC)cc1. The highest BCUT2D eigenvalue weighted by Crippen LogP contribution is 2.24. The fraction of sp³-hybridized carbons (Fsp3) is 0.263. The molecule has 1 amide bonds. The van der Waals surface area contributed by atoms with Crippen molar-refractivity contribution >= 4 is 17.8 Å². The summed E-state index contributed by atoms with van der Waals surface area (Å²) in [6, 6.07) is 13.6. The molecule has 5 nitrogen and oxygen atoms in total. The molecule has 24 heavy (non-hydrogen) atoms. The Morgan fingerprint density at radius 1 is 1.21 bits per heavy atom. The number of nitrogens with zero attached hydrogens (tertiary/aromatic N) is 1. The maximum absolute atomic E-state index is 11.9. The van der Waals surface area contributed by atoms with Crippen molar-refractivity contribution in [2.75, 3.05) is 19.0 Å². The normalized spacial score (nSPS) is 10.6. The first-order valence-corrected chi connectivity index (χ1v) is 7.81. The average molecular weight is 326 g/mol. The summed E-state index contributed by atoms with van der Waals surface area (Å²) in [5.41, 5.74) is 3.83. The number of carbonyl (C=O) groups excluding carboxylic acids is 1. The number of methoxy groups -OCH3 is 1. The van der Waals surface area contributed by atoms with Gasteiger partial charge in [-0.15, -0.1) is 0 Å². The number of hydrogen-bond donors (Lipinski definition) is 1. The monoisotopic (exact) mass is 326 g/mol. The molecular formula is C19H22N2O3. The van der Waals surface area contributed by atoms with Crippen LogP contribution in [0.5, 0.6) is 5.75 Å². The molecule has 0 radical (unpaired) electrons. The van der Waals surface area contributed by atoms with E-state index in [1.165, 1.54) is 5.56 Å². The fourth-order valence-corrected chi connectivity index (χ4v) is 2.14. The van der Waals surface area contributed by atoms with Crippen LogP contribution in [-0.2, 0) is 16.1 Å². The number of benzene rings is 2. The molecule has 2 aromatic carbocycles. The Balaban J connectivity index is 1.84. The van der Waals surface area contributed by atoms with Gasteiger partial charge in [0, 0.05) is 0 Å². The molecule has 2 rings (SSSR count). The first kappa shape index (κ1) is 17.5. The summed E-state index contributed by atoms with van der Waals surface area (Å²) in [5, 5.41) is 6.57. The van der Waals surface area contributed by atoms with Crippen LogP contribution in [0.1, 0.15) is 23.6 Å². The van der Waals surface area contributed by atoms with Gasteiger partial charge < -0.3 is 14.9 Å². The fourth-order valence-electron chi connectivity index (χ4n) is 2.14. The van der Waals surface area contributed by atoms with Crippen LogP contribution in [0.15, 0.2) is 47.6 Å². The van der Waals surface area contributed by atoms with Crippen LogP contribution in [0.25, 0.3) is 0 Å². The molecule has 0 fully saturated rings. The third-order valence-corrected chi connectivity index (χ3v) is 3.49. The Morgan fingerprint density at radius 3 is 2.62 bits per heavy atom. The molecular weight excluding hydrogens is 304 g/mol. The number of nitrogens with one attached hydrogen (secondary N) is 1. The molecule has 0 spiro atoms. The maximum atomic E-state index is 11.9. The van der Waals surface area contributed by atoms with Crippen molar-refractivity contribution in [3.05, 3.63) is 59.2 Å². The smallest absolute Gasteiger partial charge is 0.265 e. The Labute approximate surface area is 142 Å². The summed E-state index contributed by atoms with van der Waals surface area (Å²) in [6.07, 6.45) is 2.58. The van der Waals surface area contributed by atoms with Gasteiger partial charge in [-0.05, 0) is 42.2 Å². The summed E-state index contributed by atoms with van der Waals surface area (Å²) < 4.78 is 5.22. The van der Waals surface area contributed by atoms with E-state index in [0.29, 0.717) is 11.4 Å². The van der Waals surface area contributed by atoms with Gasteiger partial charge in [-0.25, -0.2) is 0 Å². The number of anilines is 1. The molecule has 2 aromatic rings. The van der Waals surface area contributed by atoms with Crippen molar-refractivity contribution in [3.8, 4) is 5.75 Å². The first-order chi connectivity index (χ1) is 11.6. The van der Waals surface area contributed by atoms with Gasteiger partial charge in [0.25, 0.3) is 5.91 Å². The number of aryl methyl sites for hydroxylation is 2. The molecule has 0 heterocycles. The number of ether oxygens (including phenoxy) is 1. The van der Waals surface area contributed by atoms with Crippen LogP contribution < -0.4 is 10.1 Å². The second-order valence-electron chi connectivity index (χ2n) is 5.35. The van der Waals surface area contributed by atoms with Crippen LogP contribution in [0.4, 0.5) is 5.69 Å². The molecule has 0 aromatic heterocycles. The van der Waals surface area contributed by atoms with Crippen molar-refractivity contribution in [1.82, 2.24) is 0 Å². The van der Waals surface area contributed by atoms with E-state index < -0.39 is 0 Å². The quantitative estimate of drug-likeness (QED) is 0.625. The minimum atomic E-state index is -0.294. The summed E-state index contributed by atoms with van der Waals surface area (Å²) >= 11 is 0. The molecule has 0 saturated heterocycles. The third kappa shape index (κ3) is 5.12. The Morgan fingerprint density at radius 2 is 1.96 bits per heavy atom. The lowest BCUT2D eigenvalue weighted by atomic mass is 10.1. The lowest BCUT2D eigenvalue weighted by molar-refractivity contribution is -0.120. The molecule has 1 N–H and O–H groups in total. The van der Waals surface area contributed by atoms with Gasteiger partial charge in [-0.2, -0.15) is 0 Å². The van der Waals surface area contributed by atoms with Crippen molar-refractivity contribution in [3.63, 3.8) is 0 Å². The van der Waals surface area contributed by atoms with Gasteiger partial charge in [0.2, 0.25) is 0 Å². The molecule has 0 aliphatic rings. The predicted octanol–water partition coefficient (Wildman–Crippen LogP) is 3.56. The zero-order valence-corrected chi connectivity index (χ0v) is 14.2. The van der Waals surface area contributed by atoms with E-state index in [4.69, 9.17) is 9.57 Å². The highest BCUT2D eigenvalue weighted by atomic mass is 16.6. The Bertz CT molecular complexity index is 709. The minimum absolute atomic E-state index is 0.166. The van der Waals surface area contributed by atoms with E-state index in [1.807, 2.05) is 49.4 Å². The van der Waals surface area contributed by atoms with Gasteiger partial charge in [0.05, 0.1) is 19.0 Å². The summed E-state index contributed by atoms with van der Waals surface area (Å²) in [7, 11) is 1.56. The van der Waals surface area contributed by atoms with E-state index >= 15 is 0 Å². The minimum Gasteiger partial charge on any atom is -0.495 e.